The van der Waals surface area contributed by atoms with Crippen LogP contribution in [0.15, 0.2) is 45.6 Å². The van der Waals surface area contributed by atoms with Crippen LogP contribution in [0.4, 0.5) is 9.52 Å². The average molecular weight is 496 g/mol. The summed E-state index contributed by atoms with van der Waals surface area (Å²) >= 11 is 1.28. The Kier molecular flexibility index (Phi) is 5.98. The maximum Gasteiger partial charge on any atom is 0.297 e. The number of anilines is 1. The zero-order valence-corrected chi connectivity index (χ0v) is 20.1. The van der Waals surface area contributed by atoms with E-state index in [1.807, 2.05) is 13.8 Å². The van der Waals surface area contributed by atoms with Crippen LogP contribution in [-0.2, 0) is 6.42 Å². The van der Waals surface area contributed by atoms with Crippen molar-refractivity contribution in [2.24, 2.45) is 0 Å². The van der Waals surface area contributed by atoms with Gasteiger partial charge < -0.3 is 13.9 Å². The van der Waals surface area contributed by atoms with Crippen LogP contribution in [0.3, 0.4) is 0 Å². The molecular weight excluding hydrogens is 473 g/mol. The van der Waals surface area contributed by atoms with Gasteiger partial charge in [0.1, 0.15) is 16.4 Å². The molecule has 0 N–H and O–H groups in total. The number of carbonyl (C=O) groups excluding carboxylic acids is 1. The first-order chi connectivity index (χ1) is 17.0. The largest absolute Gasteiger partial charge is 0.493 e. The molecule has 0 spiro atoms. The average Bonchev–Trinajstić information content (AvgIpc) is 3.42. The molecule has 10 heteroatoms. The molecule has 0 bridgehead atoms. The molecule has 4 aromatic rings. The summed E-state index contributed by atoms with van der Waals surface area (Å²) in [6.07, 6.45) is 1.59. The summed E-state index contributed by atoms with van der Waals surface area (Å²) in [6, 6.07) is 7.99. The van der Waals surface area contributed by atoms with Crippen LogP contribution >= 0.6 is 11.3 Å². The van der Waals surface area contributed by atoms with E-state index in [-0.39, 0.29) is 22.3 Å². The Balaban J connectivity index is 1.75. The second-order valence-electron chi connectivity index (χ2n) is 7.96. The topological polar surface area (TPSA) is 94.8 Å². The summed E-state index contributed by atoms with van der Waals surface area (Å²) in [5.74, 6) is -0.202. The molecule has 0 fully saturated rings. The first-order valence-corrected chi connectivity index (χ1v) is 12.0. The second kappa shape index (κ2) is 9.10. The number of amides is 1. The fourth-order valence-corrected chi connectivity index (χ4v) is 5.21. The number of aromatic nitrogens is 2. The second-order valence-corrected chi connectivity index (χ2v) is 9.00. The van der Waals surface area contributed by atoms with Crippen molar-refractivity contribution in [3.63, 3.8) is 0 Å². The fraction of sp³-hybridized carbons (Fsp3) is 0.280. The molecule has 2 aromatic heterocycles. The number of nitrogens with zero attached hydrogens (tertiary/aromatic N) is 3. The van der Waals surface area contributed by atoms with E-state index in [1.54, 1.807) is 18.2 Å². The first kappa shape index (κ1) is 23.0. The van der Waals surface area contributed by atoms with Crippen molar-refractivity contribution in [3.8, 4) is 11.5 Å². The molecule has 1 aliphatic heterocycles. The Morgan fingerprint density at radius 1 is 1.11 bits per heavy atom. The molecule has 3 heterocycles. The van der Waals surface area contributed by atoms with Crippen LogP contribution in [0, 0.1) is 5.82 Å². The number of benzene rings is 2. The standard InChI is InChI=1S/C25H22FN3O5S/c1-4-6-19-27-28-25(35-19)29-21(13-7-9-17(33-5-2)18(11-13)32-3)20-22(30)15-12-14(26)8-10-16(15)34-23(20)24(29)31/h7-12,21H,4-6H2,1-3H3. The van der Waals surface area contributed by atoms with Crippen molar-refractivity contribution in [1.82, 2.24) is 10.2 Å². The number of halogens is 1. The number of methoxy groups -OCH3 is 1. The smallest absolute Gasteiger partial charge is 0.297 e. The van der Waals surface area contributed by atoms with Gasteiger partial charge in [0.25, 0.3) is 5.91 Å². The van der Waals surface area contributed by atoms with E-state index in [2.05, 4.69) is 10.2 Å². The molecule has 0 aliphatic carbocycles. The van der Waals surface area contributed by atoms with Gasteiger partial charge in [-0.15, -0.1) is 10.2 Å². The van der Waals surface area contributed by atoms with Gasteiger partial charge in [-0.25, -0.2) is 4.39 Å². The summed E-state index contributed by atoms with van der Waals surface area (Å²) in [5.41, 5.74) is 0.365. The molecular formula is C25H22FN3O5S. The molecule has 8 nitrogen and oxygen atoms in total. The highest BCUT2D eigenvalue weighted by atomic mass is 32.1. The van der Waals surface area contributed by atoms with Crippen LogP contribution in [0.1, 0.15) is 53.0 Å². The van der Waals surface area contributed by atoms with Crippen LogP contribution < -0.4 is 19.8 Å². The number of fused-ring (bicyclic) bond motifs is 2. The molecule has 180 valence electrons. The molecule has 5 rings (SSSR count). The molecule has 1 aliphatic rings. The highest BCUT2D eigenvalue weighted by Gasteiger charge is 2.45. The Hall–Kier alpha value is -3.79. The van der Waals surface area contributed by atoms with E-state index in [9.17, 15) is 14.0 Å². The highest BCUT2D eigenvalue weighted by Crippen LogP contribution is 2.44. The predicted molar refractivity (Wildman–Crippen MR) is 129 cm³/mol. The summed E-state index contributed by atoms with van der Waals surface area (Å²) in [7, 11) is 1.51. The molecule has 0 radical (unpaired) electrons. The van der Waals surface area contributed by atoms with E-state index in [0.717, 1.165) is 17.5 Å². The van der Waals surface area contributed by atoms with Gasteiger partial charge in [-0.05, 0) is 49.2 Å². The summed E-state index contributed by atoms with van der Waals surface area (Å²) in [6.45, 7) is 4.33. The predicted octanol–water partition coefficient (Wildman–Crippen LogP) is 4.89. The van der Waals surface area contributed by atoms with Gasteiger partial charge in [0, 0.05) is 6.42 Å². The lowest BCUT2D eigenvalue weighted by Crippen LogP contribution is -2.29. The Morgan fingerprint density at radius 3 is 2.69 bits per heavy atom. The third kappa shape index (κ3) is 3.83. The Morgan fingerprint density at radius 2 is 1.94 bits per heavy atom. The van der Waals surface area contributed by atoms with Crippen molar-refractivity contribution < 1.29 is 23.1 Å². The van der Waals surface area contributed by atoms with Crippen LogP contribution in [-0.4, -0.2) is 29.8 Å². The minimum atomic E-state index is -0.867. The monoisotopic (exact) mass is 495 g/mol. The lowest BCUT2D eigenvalue weighted by molar-refractivity contribution is 0.0970. The van der Waals surface area contributed by atoms with Gasteiger partial charge >= 0.3 is 0 Å². The number of aryl methyl sites for hydroxylation is 1. The number of rotatable bonds is 7. The molecule has 1 unspecified atom stereocenters. The number of carbonyl (C=O) groups is 1. The Bertz CT molecular complexity index is 1500. The zero-order chi connectivity index (χ0) is 24.7. The van der Waals surface area contributed by atoms with E-state index >= 15 is 0 Å². The maximum absolute atomic E-state index is 14.0. The minimum Gasteiger partial charge on any atom is -0.493 e. The van der Waals surface area contributed by atoms with Gasteiger partial charge in [-0.1, -0.05) is 24.3 Å². The van der Waals surface area contributed by atoms with Crippen LogP contribution in [0.2, 0.25) is 0 Å². The summed E-state index contributed by atoms with van der Waals surface area (Å²) in [4.78, 5) is 28.7. The molecule has 1 atom stereocenters. The van der Waals surface area contributed by atoms with Crippen molar-refractivity contribution in [2.75, 3.05) is 18.6 Å². The third-order valence-corrected chi connectivity index (χ3v) is 6.74. The third-order valence-electron chi connectivity index (χ3n) is 5.76. The van der Waals surface area contributed by atoms with Gasteiger partial charge in [-0.3, -0.25) is 14.5 Å². The summed E-state index contributed by atoms with van der Waals surface area (Å²) < 4.78 is 31.0. The normalized spacial score (nSPS) is 15.0. The number of hydrogen-bond acceptors (Lipinski definition) is 8. The molecule has 35 heavy (non-hydrogen) atoms. The number of hydrogen-bond donors (Lipinski definition) is 0. The molecule has 0 saturated heterocycles. The van der Waals surface area contributed by atoms with E-state index in [0.29, 0.717) is 35.2 Å². The van der Waals surface area contributed by atoms with E-state index in [1.165, 1.54) is 35.5 Å². The lowest BCUT2D eigenvalue weighted by Gasteiger charge is -2.23. The lowest BCUT2D eigenvalue weighted by atomic mass is 9.98. The Labute approximate surface area is 203 Å². The van der Waals surface area contributed by atoms with E-state index < -0.39 is 23.2 Å². The number of ether oxygens (including phenoxy) is 2. The van der Waals surface area contributed by atoms with Gasteiger partial charge in [0.2, 0.25) is 10.9 Å². The first-order valence-electron chi connectivity index (χ1n) is 11.2. The molecule has 0 saturated carbocycles. The van der Waals surface area contributed by atoms with Crippen molar-refractivity contribution in [3.05, 3.63) is 74.3 Å². The maximum atomic E-state index is 14.0. The quantitative estimate of drug-likeness (QED) is 0.360. The van der Waals surface area contributed by atoms with Gasteiger partial charge in [0.15, 0.2) is 16.9 Å². The van der Waals surface area contributed by atoms with Crippen LogP contribution in [0.5, 0.6) is 11.5 Å². The minimum absolute atomic E-state index is 0.0604. The SMILES string of the molecule is CCCc1nnc(N2C(=O)c3oc4ccc(F)cc4c(=O)c3C2c2ccc(OCC)c(OC)c2)s1. The molecule has 2 aromatic carbocycles. The van der Waals surface area contributed by atoms with Crippen molar-refractivity contribution in [1.29, 1.82) is 0 Å². The zero-order valence-electron chi connectivity index (χ0n) is 19.3. The van der Waals surface area contributed by atoms with Gasteiger partial charge in [0.05, 0.1) is 30.7 Å². The fourth-order valence-electron chi connectivity index (χ4n) is 4.24. The van der Waals surface area contributed by atoms with Crippen LogP contribution in [0.25, 0.3) is 11.0 Å². The summed E-state index contributed by atoms with van der Waals surface area (Å²) in [5, 5.41) is 9.64. The van der Waals surface area contributed by atoms with Crippen molar-refractivity contribution in [2.45, 2.75) is 32.7 Å². The highest BCUT2D eigenvalue weighted by molar-refractivity contribution is 7.15. The molecule has 1 amide bonds. The van der Waals surface area contributed by atoms with Crippen molar-refractivity contribution >= 4 is 33.3 Å². The van der Waals surface area contributed by atoms with Gasteiger partial charge in [-0.2, -0.15) is 0 Å². The van der Waals surface area contributed by atoms with E-state index in [4.69, 9.17) is 13.9 Å².